The van der Waals surface area contributed by atoms with Gasteiger partial charge in [-0.1, -0.05) is 144 Å². The Balaban J connectivity index is 0.965. The van der Waals surface area contributed by atoms with Crippen molar-refractivity contribution >= 4 is 0 Å². The molecule has 0 aliphatic carbocycles. The lowest BCUT2D eigenvalue weighted by atomic mass is 10.0. The number of methoxy groups -OCH3 is 4. The van der Waals surface area contributed by atoms with Crippen LogP contribution >= 0.6 is 0 Å². The first-order valence-corrected chi connectivity index (χ1v) is 25.5. The van der Waals surface area contributed by atoms with Crippen molar-refractivity contribution in [3.8, 4) is 23.0 Å². The SMILES string of the molecule is COc1c2cc(C)cc1COCc1ccc(cc1)COCc1cc(C)cc(c1OC)COCc1cc(C)cc(c1OC)COCc1cc(C)cc(c1OC)COCc1ccc(cc1)COCc1ccc(cc1)COC2. The summed E-state index contributed by atoms with van der Waals surface area (Å²) in [4.78, 5) is 0. The highest BCUT2D eigenvalue weighted by atomic mass is 16.5. The van der Waals surface area contributed by atoms with Crippen molar-refractivity contribution in [2.45, 2.75) is 120 Å². The molecule has 75 heavy (non-hydrogen) atoms. The van der Waals surface area contributed by atoms with E-state index in [-0.39, 0.29) is 0 Å². The summed E-state index contributed by atoms with van der Waals surface area (Å²) in [6, 6.07) is 41.9. The molecule has 11 heteroatoms. The van der Waals surface area contributed by atoms with E-state index in [1.807, 2.05) is 0 Å². The van der Waals surface area contributed by atoms with Crippen LogP contribution in [0.1, 0.15) is 100 Å². The van der Waals surface area contributed by atoms with Crippen molar-refractivity contribution in [2.75, 3.05) is 28.4 Å². The topological polar surface area (TPSA) is 102 Å². The van der Waals surface area contributed by atoms with E-state index in [2.05, 4.69) is 149 Å². The zero-order chi connectivity index (χ0) is 52.5. The molecule has 0 N–H and O–H groups in total. The van der Waals surface area contributed by atoms with Gasteiger partial charge in [-0.25, -0.2) is 0 Å². The van der Waals surface area contributed by atoms with Gasteiger partial charge in [-0.15, -0.1) is 0 Å². The average molecular weight is 1020 g/mol. The largest absolute Gasteiger partial charge is 0.496 e. The lowest BCUT2D eigenvalue weighted by Gasteiger charge is -2.18. The molecule has 4 aliphatic heterocycles. The second-order valence-corrected chi connectivity index (χ2v) is 19.4. The van der Waals surface area contributed by atoms with Crippen molar-refractivity contribution in [3.63, 3.8) is 0 Å². The van der Waals surface area contributed by atoms with Gasteiger partial charge in [0.05, 0.1) is 121 Å². The van der Waals surface area contributed by atoms with Crippen molar-refractivity contribution in [2.24, 2.45) is 0 Å². The zero-order valence-corrected chi connectivity index (χ0v) is 44.9. The van der Waals surface area contributed by atoms with Crippen LogP contribution < -0.4 is 18.9 Å². The van der Waals surface area contributed by atoms with Gasteiger partial charge < -0.3 is 52.1 Å². The highest BCUT2D eigenvalue weighted by Gasteiger charge is 2.18. The summed E-state index contributed by atoms with van der Waals surface area (Å²) in [5.74, 6) is 3.04. The van der Waals surface area contributed by atoms with Crippen LogP contribution in [0.5, 0.6) is 23.0 Å². The molecule has 11 nitrogen and oxygen atoms in total. The molecule has 0 atom stereocenters. The molecule has 0 radical (unpaired) electrons. The first-order valence-electron chi connectivity index (χ1n) is 25.5. The Morgan fingerprint density at radius 1 is 0.227 bits per heavy atom. The van der Waals surface area contributed by atoms with Crippen LogP contribution in [0.4, 0.5) is 0 Å². The van der Waals surface area contributed by atoms with Gasteiger partial charge in [-0.2, -0.15) is 0 Å². The summed E-state index contributed by atoms with van der Waals surface area (Å²) in [5, 5.41) is 0. The molecule has 0 amide bonds. The van der Waals surface area contributed by atoms with E-state index in [9.17, 15) is 0 Å². The number of benzene rings is 7. The third kappa shape index (κ3) is 15.3. The maximum Gasteiger partial charge on any atom is 0.129 e. The Hall–Kier alpha value is -6.54. The molecule has 394 valence electrons. The van der Waals surface area contributed by atoms with E-state index in [1.165, 1.54) is 0 Å². The lowest BCUT2D eigenvalue weighted by molar-refractivity contribution is 0.0949. The van der Waals surface area contributed by atoms with Gasteiger partial charge in [-0.3, -0.25) is 0 Å². The molecule has 0 saturated heterocycles. The Kier molecular flexibility index (Phi) is 19.9. The number of rotatable bonds is 4. The van der Waals surface area contributed by atoms with Crippen molar-refractivity contribution in [3.05, 3.63) is 221 Å². The summed E-state index contributed by atoms with van der Waals surface area (Å²) < 4.78 is 67.8. The number of hydrogen-bond acceptors (Lipinski definition) is 11. The quantitative estimate of drug-likeness (QED) is 0.168. The molecule has 0 saturated carbocycles. The predicted molar refractivity (Wildman–Crippen MR) is 290 cm³/mol. The second-order valence-electron chi connectivity index (χ2n) is 19.4. The molecule has 4 heterocycles. The van der Waals surface area contributed by atoms with Crippen LogP contribution in [0.25, 0.3) is 0 Å². The van der Waals surface area contributed by atoms with E-state index >= 15 is 0 Å². The van der Waals surface area contributed by atoms with Crippen LogP contribution in [-0.4, -0.2) is 28.4 Å². The molecule has 14 bridgehead atoms. The molecule has 0 aromatic heterocycles. The molecule has 0 unspecified atom stereocenters. The Morgan fingerprint density at radius 3 is 0.507 bits per heavy atom. The van der Waals surface area contributed by atoms with E-state index in [4.69, 9.17) is 52.1 Å². The van der Waals surface area contributed by atoms with Crippen molar-refractivity contribution < 1.29 is 52.1 Å². The highest BCUT2D eigenvalue weighted by Crippen LogP contribution is 2.33. The van der Waals surface area contributed by atoms with Gasteiger partial charge in [0.15, 0.2) is 0 Å². The molecule has 7 aromatic rings. The zero-order valence-electron chi connectivity index (χ0n) is 44.9. The second kappa shape index (κ2) is 27.3. The Bertz CT molecular complexity index is 2950. The van der Waals surface area contributed by atoms with Crippen LogP contribution in [0.2, 0.25) is 0 Å². The highest BCUT2D eigenvalue weighted by molar-refractivity contribution is 5.47. The van der Waals surface area contributed by atoms with Gasteiger partial charge >= 0.3 is 0 Å². The third-order valence-electron chi connectivity index (χ3n) is 13.1. The van der Waals surface area contributed by atoms with E-state index in [0.717, 1.165) is 123 Å². The molecular weight excluding hydrogens is 945 g/mol. The number of aryl methyl sites for hydroxylation is 4. The van der Waals surface area contributed by atoms with E-state index < -0.39 is 0 Å². The Labute approximate surface area is 443 Å². The fourth-order valence-corrected chi connectivity index (χ4v) is 9.76. The fraction of sp³-hybridized carbons (Fsp3) is 0.344. The molecule has 0 spiro atoms. The summed E-state index contributed by atoms with van der Waals surface area (Å²) in [6.45, 7) is 14.1. The van der Waals surface area contributed by atoms with Gasteiger partial charge in [0.25, 0.3) is 0 Å². The minimum absolute atomic E-state index is 0.335. The van der Waals surface area contributed by atoms with Crippen molar-refractivity contribution in [1.82, 2.24) is 0 Å². The maximum atomic E-state index is 6.41. The minimum Gasteiger partial charge on any atom is -0.496 e. The van der Waals surface area contributed by atoms with E-state index in [1.54, 1.807) is 28.4 Å². The van der Waals surface area contributed by atoms with Crippen molar-refractivity contribution in [1.29, 1.82) is 0 Å². The molecule has 4 aliphatic rings. The third-order valence-corrected chi connectivity index (χ3v) is 13.1. The first kappa shape index (κ1) is 54.7. The smallest absolute Gasteiger partial charge is 0.129 e. The normalized spacial score (nSPS) is 14.9. The van der Waals surface area contributed by atoms with Crippen LogP contribution in [0, 0.1) is 27.7 Å². The monoisotopic (exact) mass is 1020 g/mol. The van der Waals surface area contributed by atoms with Gasteiger partial charge in [0.1, 0.15) is 23.0 Å². The number of hydrogen-bond donors (Lipinski definition) is 0. The van der Waals surface area contributed by atoms with E-state index in [0.29, 0.717) is 92.5 Å². The summed E-state index contributed by atoms with van der Waals surface area (Å²) >= 11 is 0. The van der Waals surface area contributed by atoms with Crippen LogP contribution in [0.15, 0.2) is 121 Å². The van der Waals surface area contributed by atoms with Crippen LogP contribution in [-0.2, 0) is 126 Å². The first-order chi connectivity index (χ1) is 36.6. The standard InChI is InChI=1S/C64H72O11/c1-43-21-53-35-70-31-49-13-9-47(10-14-49)29-69-30-48-11-15-50(16-12-48)32-72-37-55-23-44(2)25-57(62(55)66-6)39-74-41-59-27-46(4)28-60(64(59)68-8)42-75-40-58-26-45(3)24-56(63(58)67-7)38-73-34-52-19-17-51(18-20-52)33-71-36-54(22-43)61(53)65-5/h9-28H,29-42H2,1-8H3. The summed E-state index contributed by atoms with van der Waals surface area (Å²) in [5.41, 5.74) is 18.5. The lowest BCUT2D eigenvalue weighted by Crippen LogP contribution is -2.06. The number of fused-ring (bicyclic) bond motifs is 3. The number of ether oxygens (including phenoxy) is 11. The summed E-state index contributed by atoms with van der Waals surface area (Å²) in [7, 11) is 6.77. The Morgan fingerprint density at radius 2 is 0.360 bits per heavy atom. The van der Waals surface area contributed by atoms with Gasteiger partial charge in [0, 0.05) is 44.5 Å². The van der Waals surface area contributed by atoms with Gasteiger partial charge in [0.2, 0.25) is 0 Å². The fourth-order valence-electron chi connectivity index (χ4n) is 9.76. The average Bonchev–Trinajstić information content (AvgIpc) is 3.39. The van der Waals surface area contributed by atoms with Crippen LogP contribution in [0.3, 0.4) is 0 Å². The summed E-state index contributed by atoms with van der Waals surface area (Å²) in [6.07, 6.45) is 0. The molecular formula is C64H72O11. The molecule has 7 aromatic carbocycles. The molecule has 11 rings (SSSR count). The van der Waals surface area contributed by atoms with Gasteiger partial charge in [-0.05, 0) is 61.1 Å². The minimum atomic E-state index is 0.335. The maximum absolute atomic E-state index is 6.41. The molecule has 0 fully saturated rings. The predicted octanol–water partition coefficient (Wildman–Crippen LogP) is 13.3.